The first-order chi connectivity index (χ1) is 25.1. The zero-order valence-corrected chi connectivity index (χ0v) is 28.3. The molecule has 2 aromatic heterocycles. The molecule has 1 atom stereocenters. The number of nitriles is 3. The average molecular weight is 656 g/mol. The van der Waals surface area contributed by atoms with Crippen LogP contribution in [-0.4, -0.2) is 9.13 Å². The van der Waals surface area contributed by atoms with Gasteiger partial charge in [-0.05, 0) is 91.6 Å². The maximum Gasteiger partial charge on any atom is 0.100 e. The van der Waals surface area contributed by atoms with Crippen molar-refractivity contribution in [2.75, 3.05) is 0 Å². The van der Waals surface area contributed by atoms with Crippen LogP contribution in [0.15, 0.2) is 115 Å². The van der Waals surface area contributed by atoms with E-state index in [1.807, 2.05) is 30.3 Å². The van der Waals surface area contributed by atoms with E-state index in [2.05, 4.69) is 119 Å². The minimum atomic E-state index is 0.464. The molecule has 7 aromatic rings. The fraction of sp³-hybridized carbons (Fsp3) is 0.152. The molecule has 0 bridgehead atoms. The first-order valence-electron chi connectivity index (χ1n) is 17.6. The van der Waals surface area contributed by atoms with Crippen molar-refractivity contribution in [3.05, 3.63) is 148 Å². The van der Waals surface area contributed by atoms with Gasteiger partial charge in [-0.25, -0.2) is 0 Å². The third kappa shape index (κ3) is 4.73. The standard InChI is InChI=1S/C46H33N5/c1-29-17-20-38-39-24-30(26-47)18-22-44(39)51(45(38)23-29)43-16-7-2-11-35(43)34-21-19-32(27-48)46(40(34)28-49)31-9-8-10-33(25-31)50-41-14-5-3-12-36(41)37-13-4-6-15-42(37)50/h2-16,19,21,24-25,29H,17-18,20,22-23H2,1H3. The van der Waals surface area contributed by atoms with Crippen molar-refractivity contribution in [2.24, 2.45) is 5.92 Å². The lowest BCUT2D eigenvalue weighted by Crippen LogP contribution is -2.15. The minimum absolute atomic E-state index is 0.464. The summed E-state index contributed by atoms with van der Waals surface area (Å²) in [6.07, 6.45) is 6.71. The highest BCUT2D eigenvalue weighted by Gasteiger charge is 2.30. The number of aromatic nitrogens is 2. The van der Waals surface area contributed by atoms with Crippen LogP contribution in [0.5, 0.6) is 0 Å². The molecule has 2 heterocycles. The molecule has 0 N–H and O–H groups in total. The Balaban J connectivity index is 1.26. The highest BCUT2D eigenvalue weighted by molar-refractivity contribution is 6.09. The Bertz CT molecular complexity index is 2680. The third-order valence-electron chi connectivity index (χ3n) is 10.9. The number of nitrogens with zero attached hydrogens (tertiary/aromatic N) is 5. The minimum Gasteiger partial charge on any atom is -0.316 e. The Morgan fingerprint density at radius 2 is 1.39 bits per heavy atom. The predicted molar refractivity (Wildman–Crippen MR) is 204 cm³/mol. The Labute approximate surface area is 297 Å². The van der Waals surface area contributed by atoms with Gasteiger partial charge in [0.1, 0.15) is 6.07 Å². The van der Waals surface area contributed by atoms with Crippen molar-refractivity contribution in [1.82, 2.24) is 9.13 Å². The molecule has 0 aliphatic heterocycles. The Morgan fingerprint density at radius 3 is 2.14 bits per heavy atom. The number of hydrogen-bond acceptors (Lipinski definition) is 3. The predicted octanol–water partition coefficient (Wildman–Crippen LogP) is 10.6. The van der Waals surface area contributed by atoms with Gasteiger partial charge in [-0.15, -0.1) is 0 Å². The summed E-state index contributed by atoms with van der Waals surface area (Å²) in [7, 11) is 0. The fourth-order valence-corrected chi connectivity index (χ4v) is 8.59. The number of benzene rings is 5. The zero-order valence-electron chi connectivity index (χ0n) is 28.3. The SMILES string of the molecule is CC1CCc2c3c(n(-c4ccccc4-c4ccc(C#N)c(-c5cccc(-n6c7ccccc7c7ccccc76)c5)c4C#N)c2C1)CCC(C#N)=C3. The van der Waals surface area contributed by atoms with Gasteiger partial charge in [-0.1, -0.05) is 79.7 Å². The monoisotopic (exact) mass is 655 g/mol. The van der Waals surface area contributed by atoms with Crippen molar-refractivity contribution in [1.29, 1.82) is 15.8 Å². The summed E-state index contributed by atoms with van der Waals surface area (Å²) in [6, 6.07) is 44.5. The van der Waals surface area contributed by atoms with Crippen molar-refractivity contribution < 1.29 is 0 Å². The topological polar surface area (TPSA) is 81.2 Å². The lowest BCUT2D eigenvalue weighted by molar-refractivity contribution is 0.489. The molecule has 5 nitrogen and oxygen atoms in total. The Kier molecular flexibility index (Phi) is 7.20. The molecule has 0 saturated carbocycles. The third-order valence-corrected chi connectivity index (χ3v) is 10.9. The first kappa shape index (κ1) is 30.4. The van der Waals surface area contributed by atoms with Gasteiger partial charge in [-0.3, -0.25) is 0 Å². The summed E-state index contributed by atoms with van der Waals surface area (Å²) in [5, 5.41) is 33.5. The second-order valence-electron chi connectivity index (χ2n) is 13.8. The molecule has 0 spiro atoms. The quantitative estimate of drug-likeness (QED) is 0.189. The molecular weight excluding hydrogens is 623 g/mol. The maximum atomic E-state index is 11.0. The van der Waals surface area contributed by atoms with Crippen molar-refractivity contribution in [2.45, 2.75) is 39.0 Å². The zero-order chi connectivity index (χ0) is 34.6. The highest BCUT2D eigenvalue weighted by atomic mass is 15.0. The molecule has 1 unspecified atom stereocenters. The lowest BCUT2D eigenvalue weighted by Gasteiger charge is -2.24. The molecule has 0 saturated heterocycles. The number of allylic oxidation sites excluding steroid dienone is 1. The van der Waals surface area contributed by atoms with Crippen LogP contribution in [0.25, 0.3) is 61.5 Å². The molecule has 9 rings (SSSR count). The van der Waals surface area contributed by atoms with Crippen molar-refractivity contribution in [3.8, 4) is 51.8 Å². The van der Waals surface area contributed by atoms with Crippen LogP contribution in [0.3, 0.4) is 0 Å². The second-order valence-corrected chi connectivity index (χ2v) is 13.8. The molecule has 0 fully saturated rings. The van der Waals surface area contributed by atoms with E-state index in [-0.39, 0.29) is 0 Å². The van der Waals surface area contributed by atoms with Crippen molar-refractivity contribution in [3.63, 3.8) is 0 Å². The van der Waals surface area contributed by atoms with Gasteiger partial charge in [0.05, 0.1) is 40.0 Å². The lowest BCUT2D eigenvalue weighted by atomic mass is 9.85. The fourth-order valence-electron chi connectivity index (χ4n) is 8.59. The van der Waals surface area contributed by atoms with E-state index in [1.165, 1.54) is 33.3 Å². The molecule has 5 aromatic carbocycles. The van der Waals surface area contributed by atoms with E-state index in [4.69, 9.17) is 0 Å². The van der Waals surface area contributed by atoms with E-state index >= 15 is 0 Å². The molecule has 242 valence electrons. The summed E-state index contributed by atoms with van der Waals surface area (Å²) in [5.41, 5.74) is 14.3. The summed E-state index contributed by atoms with van der Waals surface area (Å²) in [6.45, 7) is 2.32. The van der Waals surface area contributed by atoms with E-state index in [1.54, 1.807) is 0 Å². The molecular formula is C46H33N5. The second kappa shape index (κ2) is 12.1. The largest absolute Gasteiger partial charge is 0.316 e. The van der Waals surface area contributed by atoms with Crippen LogP contribution >= 0.6 is 0 Å². The molecule has 0 radical (unpaired) electrons. The molecule has 0 amide bonds. The van der Waals surface area contributed by atoms with Gasteiger partial charge >= 0.3 is 0 Å². The molecule has 5 heteroatoms. The Morgan fingerprint density at radius 1 is 0.647 bits per heavy atom. The van der Waals surface area contributed by atoms with Gasteiger partial charge < -0.3 is 9.13 Å². The van der Waals surface area contributed by atoms with Crippen LogP contribution in [0, 0.1) is 39.9 Å². The van der Waals surface area contributed by atoms with Crippen LogP contribution < -0.4 is 0 Å². The number of fused-ring (bicyclic) bond motifs is 6. The van der Waals surface area contributed by atoms with Gasteiger partial charge in [0, 0.05) is 55.7 Å². The highest BCUT2D eigenvalue weighted by Crippen LogP contribution is 2.43. The van der Waals surface area contributed by atoms with Gasteiger partial charge in [0.15, 0.2) is 0 Å². The van der Waals surface area contributed by atoms with E-state index in [0.717, 1.165) is 76.8 Å². The van der Waals surface area contributed by atoms with Gasteiger partial charge in [0.2, 0.25) is 0 Å². The molecule has 51 heavy (non-hydrogen) atoms. The van der Waals surface area contributed by atoms with E-state index in [0.29, 0.717) is 22.6 Å². The van der Waals surface area contributed by atoms with E-state index < -0.39 is 0 Å². The maximum absolute atomic E-state index is 11.0. The smallest absolute Gasteiger partial charge is 0.100 e. The van der Waals surface area contributed by atoms with Crippen molar-refractivity contribution >= 4 is 27.9 Å². The van der Waals surface area contributed by atoms with Crippen LogP contribution in [0.1, 0.15) is 53.4 Å². The number of hydrogen-bond donors (Lipinski definition) is 0. The summed E-state index contributed by atoms with van der Waals surface area (Å²) >= 11 is 0. The summed E-state index contributed by atoms with van der Waals surface area (Å²) in [5.74, 6) is 0.553. The first-order valence-corrected chi connectivity index (χ1v) is 17.6. The van der Waals surface area contributed by atoms with Gasteiger partial charge in [0.25, 0.3) is 0 Å². The van der Waals surface area contributed by atoms with Crippen LogP contribution in [-0.2, 0) is 19.3 Å². The van der Waals surface area contributed by atoms with Gasteiger partial charge in [-0.2, -0.15) is 15.8 Å². The summed E-state index contributed by atoms with van der Waals surface area (Å²) in [4.78, 5) is 0. The number of rotatable bonds is 4. The summed E-state index contributed by atoms with van der Waals surface area (Å²) < 4.78 is 4.69. The normalized spacial score (nSPS) is 15.0. The van der Waals surface area contributed by atoms with Crippen LogP contribution in [0.2, 0.25) is 0 Å². The van der Waals surface area contributed by atoms with Crippen LogP contribution in [0.4, 0.5) is 0 Å². The van der Waals surface area contributed by atoms with E-state index in [9.17, 15) is 15.8 Å². The Hall–Kier alpha value is -6.61. The average Bonchev–Trinajstić information content (AvgIpc) is 3.69. The number of para-hydroxylation sites is 3. The molecule has 2 aliphatic rings. The molecule has 2 aliphatic carbocycles.